The second-order valence-corrected chi connectivity index (χ2v) is 4.97. The minimum atomic E-state index is -0.363. The lowest BCUT2D eigenvalue weighted by molar-refractivity contribution is 0.262. The van der Waals surface area contributed by atoms with Crippen LogP contribution in [0.3, 0.4) is 0 Å². The summed E-state index contributed by atoms with van der Waals surface area (Å²) in [5, 5.41) is 6.09. The molecular weight excluding hydrogens is 304 g/mol. The second kappa shape index (κ2) is 7.04. The molecule has 0 atom stereocenters. The highest BCUT2D eigenvalue weighted by Crippen LogP contribution is 2.30. The number of carbonyl (C=O) groups is 1. The predicted octanol–water partition coefficient (Wildman–Crippen LogP) is 4.31. The SMILES string of the molecule is COc1ccc(NC(=O)Nc2cccc(Cl)c2C)cc1OC. The zero-order valence-corrected chi connectivity index (χ0v) is 13.3. The third kappa shape index (κ3) is 3.62. The van der Waals surface area contributed by atoms with Crippen molar-refractivity contribution in [1.29, 1.82) is 0 Å². The largest absolute Gasteiger partial charge is 0.493 e. The van der Waals surface area contributed by atoms with E-state index in [0.29, 0.717) is 27.9 Å². The van der Waals surface area contributed by atoms with Crippen molar-refractivity contribution in [3.63, 3.8) is 0 Å². The molecule has 0 bridgehead atoms. The van der Waals surface area contributed by atoms with Crippen molar-refractivity contribution in [3.8, 4) is 11.5 Å². The molecule has 2 N–H and O–H groups in total. The van der Waals surface area contributed by atoms with Crippen LogP contribution in [0.25, 0.3) is 0 Å². The number of rotatable bonds is 4. The monoisotopic (exact) mass is 320 g/mol. The molecule has 2 amide bonds. The van der Waals surface area contributed by atoms with Gasteiger partial charge in [-0.15, -0.1) is 0 Å². The van der Waals surface area contributed by atoms with Gasteiger partial charge in [-0.2, -0.15) is 0 Å². The first kappa shape index (κ1) is 16.0. The fourth-order valence-electron chi connectivity index (χ4n) is 1.94. The molecule has 0 aromatic heterocycles. The van der Waals surface area contributed by atoms with Crippen LogP contribution >= 0.6 is 11.6 Å². The first-order valence-electron chi connectivity index (χ1n) is 6.60. The quantitative estimate of drug-likeness (QED) is 0.882. The first-order valence-corrected chi connectivity index (χ1v) is 6.98. The van der Waals surface area contributed by atoms with Crippen LogP contribution in [0.1, 0.15) is 5.56 Å². The van der Waals surface area contributed by atoms with Gasteiger partial charge < -0.3 is 20.1 Å². The van der Waals surface area contributed by atoms with Gasteiger partial charge in [0.15, 0.2) is 11.5 Å². The van der Waals surface area contributed by atoms with Crippen molar-refractivity contribution in [2.45, 2.75) is 6.92 Å². The summed E-state index contributed by atoms with van der Waals surface area (Å²) in [7, 11) is 3.09. The Morgan fingerprint density at radius 3 is 2.45 bits per heavy atom. The molecule has 0 unspecified atom stereocenters. The molecule has 116 valence electrons. The first-order chi connectivity index (χ1) is 10.5. The van der Waals surface area contributed by atoms with Crippen LogP contribution in [0.2, 0.25) is 5.02 Å². The Hall–Kier alpha value is -2.40. The Bertz CT molecular complexity index is 689. The van der Waals surface area contributed by atoms with Gasteiger partial charge in [0.05, 0.1) is 14.2 Å². The van der Waals surface area contributed by atoms with Crippen molar-refractivity contribution in [2.75, 3.05) is 24.9 Å². The van der Waals surface area contributed by atoms with Crippen LogP contribution in [-0.2, 0) is 0 Å². The molecule has 0 saturated heterocycles. The van der Waals surface area contributed by atoms with E-state index in [1.165, 1.54) is 7.11 Å². The summed E-state index contributed by atoms with van der Waals surface area (Å²) in [6, 6.07) is 10.1. The zero-order chi connectivity index (χ0) is 16.1. The van der Waals surface area contributed by atoms with Gasteiger partial charge in [-0.05, 0) is 36.8 Å². The lowest BCUT2D eigenvalue weighted by Crippen LogP contribution is -2.20. The average molecular weight is 321 g/mol. The number of carbonyl (C=O) groups excluding carboxylic acids is 1. The summed E-state index contributed by atoms with van der Waals surface area (Å²) in [6.07, 6.45) is 0. The molecule has 0 aliphatic heterocycles. The van der Waals surface area contributed by atoms with Crippen LogP contribution in [0.4, 0.5) is 16.2 Å². The van der Waals surface area contributed by atoms with Crippen molar-refractivity contribution in [3.05, 3.63) is 47.0 Å². The van der Waals surface area contributed by atoms with E-state index in [4.69, 9.17) is 21.1 Å². The predicted molar refractivity (Wildman–Crippen MR) is 88.4 cm³/mol. The van der Waals surface area contributed by atoms with Crippen LogP contribution in [0, 0.1) is 6.92 Å². The van der Waals surface area contributed by atoms with Gasteiger partial charge in [-0.1, -0.05) is 17.7 Å². The average Bonchev–Trinajstić information content (AvgIpc) is 2.51. The Labute approximate surface area is 134 Å². The second-order valence-electron chi connectivity index (χ2n) is 4.56. The molecule has 0 aliphatic carbocycles. The highest BCUT2D eigenvalue weighted by molar-refractivity contribution is 6.31. The summed E-state index contributed by atoms with van der Waals surface area (Å²) in [5.74, 6) is 1.14. The van der Waals surface area contributed by atoms with E-state index in [9.17, 15) is 4.79 Å². The molecule has 2 aromatic carbocycles. The molecule has 0 aliphatic rings. The van der Waals surface area contributed by atoms with Gasteiger partial charge in [-0.3, -0.25) is 0 Å². The summed E-state index contributed by atoms with van der Waals surface area (Å²) < 4.78 is 10.4. The molecule has 0 spiro atoms. The van der Waals surface area contributed by atoms with Gasteiger partial charge in [0.25, 0.3) is 0 Å². The Morgan fingerprint density at radius 2 is 1.77 bits per heavy atom. The van der Waals surface area contributed by atoms with Crippen molar-refractivity contribution in [2.24, 2.45) is 0 Å². The molecule has 2 aromatic rings. The number of benzene rings is 2. The number of anilines is 2. The number of methoxy groups -OCH3 is 2. The Balaban J connectivity index is 2.10. The summed E-state index contributed by atoms with van der Waals surface area (Å²) in [6.45, 7) is 1.84. The molecule has 0 heterocycles. The molecule has 2 rings (SSSR count). The molecule has 6 heteroatoms. The molecule has 5 nitrogen and oxygen atoms in total. The topological polar surface area (TPSA) is 59.6 Å². The van der Waals surface area contributed by atoms with Gasteiger partial charge in [0.1, 0.15) is 0 Å². The maximum atomic E-state index is 12.1. The van der Waals surface area contributed by atoms with Crippen LogP contribution in [0.15, 0.2) is 36.4 Å². The molecule has 0 saturated carbocycles. The van der Waals surface area contributed by atoms with E-state index in [0.717, 1.165) is 5.56 Å². The lowest BCUT2D eigenvalue weighted by Gasteiger charge is -2.12. The molecule has 0 fully saturated rings. The van der Waals surface area contributed by atoms with Crippen molar-refractivity contribution < 1.29 is 14.3 Å². The maximum absolute atomic E-state index is 12.1. The van der Waals surface area contributed by atoms with E-state index < -0.39 is 0 Å². The number of urea groups is 1. The van der Waals surface area contributed by atoms with E-state index in [2.05, 4.69) is 10.6 Å². The number of halogens is 1. The van der Waals surface area contributed by atoms with Crippen LogP contribution < -0.4 is 20.1 Å². The number of hydrogen-bond donors (Lipinski definition) is 2. The van der Waals surface area contributed by atoms with Crippen LogP contribution in [-0.4, -0.2) is 20.3 Å². The highest BCUT2D eigenvalue weighted by Gasteiger charge is 2.09. The number of nitrogens with one attached hydrogen (secondary N) is 2. The summed E-state index contributed by atoms with van der Waals surface area (Å²) >= 11 is 6.03. The van der Waals surface area contributed by atoms with Crippen LogP contribution in [0.5, 0.6) is 11.5 Å². The summed E-state index contributed by atoms with van der Waals surface area (Å²) in [5.41, 5.74) is 2.06. The Morgan fingerprint density at radius 1 is 1.05 bits per heavy atom. The number of ether oxygens (including phenoxy) is 2. The fraction of sp³-hybridized carbons (Fsp3) is 0.188. The molecular formula is C16H17ClN2O3. The van der Waals surface area contributed by atoms with Gasteiger partial charge in [-0.25, -0.2) is 4.79 Å². The minimum Gasteiger partial charge on any atom is -0.493 e. The van der Waals surface area contributed by atoms with E-state index in [1.54, 1.807) is 43.5 Å². The van der Waals surface area contributed by atoms with Crippen molar-refractivity contribution >= 4 is 29.0 Å². The fourth-order valence-corrected chi connectivity index (χ4v) is 2.12. The summed E-state index contributed by atoms with van der Waals surface area (Å²) in [4.78, 5) is 12.1. The smallest absolute Gasteiger partial charge is 0.323 e. The highest BCUT2D eigenvalue weighted by atomic mass is 35.5. The molecule has 0 radical (unpaired) electrons. The normalized spacial score (nSPS) is 10.0. The van der Waals surface area contributed by atoms with E-state index in [-0.39, 0.29) is 6.03 Å². The maximum Gasteiger partial charge on any atom is 0.323 e. The third-order valence-corrected chi connectivity index (χ3v) is 3.57. The van der Waals surface area contributed by atoms with E-state index >= 15 is 0 Å². The van der Waals surface area contributed by atoms with Crippen molar-refractivity contribution in [1.82, 2.24) is 0 Å². The van der Waals surface area contributed by atoms with E-state index in [1.807, 2.05) is 6.92 Å². The minimum absolute atomic E-state index is 0.363. The lowest BCUT2D eigenvalue weighted by atomic mass is 10.2. The van der Waals surface area contributed by atoms with Gasteiger partial charge >= 0.3 is 6.03 Å². The molecule has 22 heavy (non-hydrogen) atoms. The standard InChI is InChI=1S/C16H17ClN2O3/c1-10-12(17)5-4-6-13(10)19-16(20)18-11-7-8-14(21-2)15(9-11)22-3/h4-9H,1-3H3,(H2,18,19,20). The van der Waals surface area contributed by atoms with Gasteiger partial charge in [0.2, 0.25) is 0 Å². The third-order valence-electron chi connectivity index (χ3n) is 3.16. The number of amides is 2. The Kier molecular flexibility index (Phi) is 5.12. The zero-order valence-electron chi connectivity index (χ0n) is 12.6. The number of hydrogen-bond acceptors (Lipinski definition) is 3. The van der Waals surface area contributed by atoms with Gasteiger partial charge in [0, 0.05) is 22.5 Å².